The van der Waals surface area contributed by atoms with Gasteiger partial charge in [-0.05, 0) is 17.7 Å². The third-order valence-electron chi connectivity index (χ3n) is 1.49. The van der Waals surface area contributed by atoms with Gasteiger partial charge < -0.3 is 5.11 Å². The van der Waals surface area contributed by atoms with Gasteiger partial charge in [0.2, 0.25) is 0 Å². The van der Waals surface area contributed by atoms with Crippen LogP contribution >= 0.6 is 24.8 Å². The third-order valence-corrected chi connectivity index (χ3v) is 1.49. The first-order valence-corrected chi connectivity index (χ1v) is 3.16. The highest BCUT2D eigenvalue weighted by Crippen LogP contribution is 2.19. The van der Waals surface area contributed by atoms with E-state index in [2.05, 4.69) is 10.9 Å². The maximum atomic E-state index is 9.03. The van der Waals surface area contributed by atoms with Gasteiger partial charge in [-0.3, -0.25) is 0 Å². The zero-order valence-electron chi connectivity index (χ0n) is 6.15. The van der Waals surface area contributed by atoms with Crippen LogP contribution in [0.1, 0.15) is 11.7 Å². The van der Waals surface area contributed by atoms with Gasteiger partial charge in [-0.2, -0.15) is 0 Å². The van der Waals surface area contributed by atoms with Gasteiger partial charge >= 0.3 is 0 Å². The molecule has 0 saturated carbocycles. The predicted molar refractivity (Wildman–Crippen MR) is 51.6 cm³/mol. The van der Waals surface area contributed by atoms with Crippen molar-refractivity contribution < 1.29 is 5.11 Å². The Hall–Kier alpha value is -0.480. The van der Waals surface area contributed by atoms with Crippen molar-refractivity contribution in [3.63, 3.8) is 0 Å². The van der Waals surface area contributed by atoms with Gasteiger partial charge in [0.05, 0.1) is 0 Å². The van der Waals surface area contributed by atoms with Crippen molar-refractivity contribution >= 4 is 24.8 Å². The van der Waals surface area contributed by atoms with Crippen molar-refractivity contribution in [2.24, 2.45) is 0 Å². The van der Waals surface area contributed by atoms with E-state index in [0.29, 0.717) is 5.75 Å². The van der Waals surface area contributed by atoms with Gasteiger partial charge in [-0.1, -0.05) is 12.1 Å². The molecule has 0 amide bonds. The molecule has 0 atom stereocenters. The van der Waals surface area contributed by atoms with Crippen LogP contribution in [0.25, 0.3) is 0 Å². The smallest absolute Gasteiger partial charge is 0.115 e. The summed E-state index contributed by atoms with van der Waals surface area (Å²) in [5.74, 6) is 0.313. The van der Waals surface area contributed by atoms with Gasteiger partial charge in [-0.15, -0.1) is 24.8 Å². The second kappa shape index (κ2) is 4.52. The first kappa shape index (κ1) is 11.5. The summed E-state index contributed by atoms with van der Waals surface area (Å²) in [6.45, 7) is 0. The molecular weight excluding hydrogens is 199 g/mol. The Balaban J connectivity index is 0.000000605. The number of hydrogen-bond donors (Lipinski definition) is 3. The van der Waals surface area contributed by atoms with Crippen molar-refractivity contribution in [1.29, 1.82) is 0 Å². The second-order valence-corrected chi connectivity index (χ2v) is 2.32. The summed E-state index contributed by atoms with van der Waals surface area (Å²) in [6, 6.07) is 7.17. The Morgan fingerprint density at radius 2 is 1.83 bits per heavy atom. The van der Waals surface area contributed by atoms with Crippen LogP contribution in [0, 0.1) is 0 Å². The number of phenolic OH excluding ortho intramolecular Hbond substituents is 1. The van der Waals surface area contributed by atoms with Crippen LogP contribution in [0.4, 0.5) is 0 Å². The molecule has 3 N–H and O–H groups in total. The van der Waals surface area contributed by atoms with Crippen LogP contribution < -0.4 is 10.9 Å². The van der Waals surface area contributed by atoms with E-state index in [1.54, 1.807) is 12.1 Å². The molecule has 0 bridgehead atoms. The van der Waals surface area contributed by atoms with Gasteiger partial charge in [0.1, 0.15) is 11.9 Å². The van der Waals surface area contributed by atoms with Gasteiger partial charge in [0, 0.05) is 0 Å². The number of hydrazine groups is 1. The number of hydrogen-bond acceptors (Lipinski definition) is 3. The normalized spacial score (nSPS) is 14.3. The largest absolute Gasteiger partial charge is 0.508 e. The average molecular weight is 209 g/mol. The van der Waals surface area contributed by atoms with E-state index in [1.165, 1.54) is 0 Å². The molecule has 1 heterocycles. The van der Waals surface area contributed by atoms with E-state index in [4.69, 9.17) is 5.11 Å². The quantitative estimate of drug-likeness (QED) is 0.611. The van der Waals surface area contributed by atoms with E-state index < -0.39 is 0 Å². The van der Waals surface area contributed by atoms with Crippen LogP contribution in [0.5, 0.6) is 5.75 Å². The Morgan fingerprint density at radius 3 is 2.33 bits per heavy atom. The summed E-state index contributed by atoms with van der Waals surface area (Å²) in [7, 11) is 0. The van der Waals surface area contributed by atoms with Crippen LogP contribution in [0.2, 0.25) is 0 Å². The minimum absolute atomic E-state index is 0. The first-order valence-electron chi connectivity index (χ1n) is 3.16. The number of phenols is 1. The Kier molecular flexibility index (Phi) is 4.34. The maximum absolute atomic E-state index is 9.03. The second-order valence-electron chi connectivity index (χ2n) is 2.32. The SMILES string of the molecule is Cl.Cl.Oc1cccc(C2NN2)c1. The topological polar surface area (TPSA) is 64.1 Å². The van der Waals surface area contributed by atoms with Crippen molar-refractivity contribution in [1.82, 2.24) is 10.9 Å². The number of nitrogens with one attached hydrogen (secondary N) is 2. The van der Waals surface area contributed by atoms with Crippen molar-refractivity contribution in [2.45, 2.75) is 6.17 Å². The summed E-state index contributed by atoms with van der Waals surface area (Å²) in [6.07, 6.45) is 0.243. The fourth-order valence-electron chi connectivity index (χ4n) is 0.913. The molecule has 1 aliphatic rings. The molecule has 0 spiro atoms. The van der Waals surface area contributed by atoms with E-state index in [-0.39, 0.29) is 31.0 Å². The summed E-state index contributed by atoms with van der Waals surface area (Å²) in [4.78, 5) is 0. The zero-order valence-corrected chi connectivity index (χ0v) is 7.78. The van der Waals surface area contributed by atoms with E-state index in [1.807, 2.05) is 12.1 Å². The molecule has 12 heavy (non-hydrogen) atoms. The number of aromatic hydroxyl groups is 1. The fraction of sp³-hybridized carbons (Fsp3) is 0.143. The van der Waals surface area contributed by atoms with Crippen molar-refractivity contribution in [3.8, 4) is 5.75 Å². The lowest BCUT2D eigenvalue weighted by atomic mass is 10.2. The standard InChI is InChI=1S/C7H8N2O.2ClH/c10-6-3-1-2-5(4-6)7-8-9-7;;/h1-4,7-10H;2*1H. The summed E-state index contributed by atoms with van der Waals surface area (Å²) in [5, 5.41) is 9.03. The lowest BCUT2D eigenvalue weighted by molar-refractivity contribution is 0.474. The lowest BCUT2D eigenvalue weighted by Gasteiger charge is -1.94. The van der Waals surface area contributed by atoms with E-state index >= 15 is 0 Å². The predicted octanol–water partition coefficient (Wildman–Crippen LogP) is 1.34. The Labute approximate surface area is 83.0 Å². The molecule has 0 aliphatic carbocycles. The van der Waals surface area contributed by atoms with Crippen LogP contribution in [-0.2, 0) is 0 Å². The molecule has 2 rings (SSSR count). The van der Waals surface area contributed by atoms with E-state index in [9.17, 15) is 0 Å². The molecule has 1 aliphatic heterocycles. The average Bonchev–Trinajstić information content (AvgIpc) is 2.68. The third kappa shape index (κ3) is 2.53. The molecule has 3 nitrogen and oxygen atoms in total. The van der Waals surface area contributed by atoms with E-state index in [0.717, 1.165) is 5.56 Å². The van der Waals surface area contributed by atoms with Crippen molar-refractivity contribution in [3.05, 3.63) is 29.8 Å². The molecule has 5 heteroatoms. The molecule has 0 unspecified atom stereocenters. The van der Waals surface area contributed by atoms with Gasteiger partial charge in [0.25, 0.3) is 0 Å². The Morgan fingerprint density at radius 1 is 1.17 bits per heavy atom. The van der Waals surface area contributed by atoms with Gasteiger partial charge in [0.15, 0.2) is 0 Å². The number of benzene rings is 1. The molecule has 1 fully saturated rings. The number of rotatable bonds is 1. The molecule has 68 valence electrons. The summed E-state index contributed by atoms with van der Waals surface area (Å²) < 4.78 is 0. The lowest BCUT2D eigenvalue weighted by Crippen LogP contribution is -1.82. The van der Waals surface area contributed by atoms with Crippen LogP contribution in [0.3, 0.4) is 0 Å². The highest BCUT2D eigenvalue weighted by molar-refractivity contribution is 5.85. The van der Waals surface area contributed by atoms with Crippen LogP contribution in [-0.4, -0.2) is 5.11 Å². The van der Waals surface area contributed by atoms with Crippen molar-refractivity contribution in [2.75, 3.05) is 0 Å². The summed E-state index contributed by atoms with van der Waals surface area (Å²) >= 11 is 0. The molecular formula is C7H10Cl2N2O. The minimum Gasteiger partial charge on any atom is -0.508 e. The zero-order chi connectivity index (χ0) is 6.97. The first-order chi connectivity index (χ1) is 4.86. The summed E-state index contributed by atoms with van der Waals surface area (Å²) in [5.41, 5.74) is 6.90. The Bertz CT molecular complexity index is 253. The molecule has 1 aromatic carbocycles. The van der Waals surface area contributed by atoms with Crippen LogP contribution in [0.15, 0.2) is 24.3 Å². The highest BCUT2D eigenvalue weighted by atomic mass is 35.5. The highest BCUT2D eigenvalue weighted by Gasteiger charge is 2.20. The fourth-order valence-corrected chi connectivity index (χ4v) is 0.913. The molecule has 1 saturated heterocycles. The minimum atomic E-state index is 0. The maximum Gasteiger partial charge on any atom is 0.115 e. The molecule has 0 radical (unpaired) electrons. The molecule has 1 aromatic rings. The van der Waals surface area contributed by atoms with Gasteiger partial charge in [-0.25, -0.2) is 10.9 Å². The monoisotopic (exact) mass is 208 g/mol. The molecule has 0 aromatic heterocycles. The number of halogens is 2.